The molecule has 0 amide bonds. The Bertz CT molecular complexity index is 716. The summed E-state index contributed by atoms with van der Waals surface area (Å²) in [6.07, 6.45) is 6.37. The van der Waals surface area contributed by atoms with Gasteiger partial charge < -0.3 is 4.74 Å². The van der Waals surface area contributed by atoms with Gasteiger partial charge in [-0.1, -0.05) is 0 Å². The third kappa shape index (κ3) is 1.51. The van der Waals surface area contributed by atoms with Crippen LogP contribution in [-0.4, -0.2) is 42.4 Å². The Labute approximate surface area is 101 Å². The van der Waals surface area contributed by atoms with Crippen molar-refractivity contribution in [1.29, 1.82) is 0 Å². The highest BCUT2D eigenvalue weighted by Crippen LogP contribution is 2.11. The van der Waals surface area contributed by atoms with Gasteiger partial charge in [0.05, 0.1) is 13.3 Å². The molecule has 0 unspecified atom stereocenters. The molecule has 0 aliphatic rings. The number of methoxy groups -OCH3 is 1. The monoisotopic (exact) mass is 244 g/mol. The number of carbonyl (C=O) groups excluding carboxylic acids is 1. The SMILES string of the molecule is COC(=O)c1ncn(-c2nccn3nccc23)n1. The molecule has 8 heteroatoms. The molecule has 0 spiro atoms. The van der Waals surface area contributed by atoms with Gasteiger partial charge >= 0.3 is 5.97 Å². The van der Waals surface area contributed by atoms with Gasteiger partial charge in [-0.25, -0.2) is 19.3 Å². The average molecular weight is 244 g/mol. The predicted octanol–water partition coefficient (Wildman–Crippen LogP) is 0.0966. The second kappa shape index (κ2) is 3.91. The number of hydrogen-bond donors (Lipinski definition) is 0. The van der Waals surface area contributed by atoms with Crippen molar-refractivity contribution in [1.82, 2.24) is 29.4 Å². The van der Waals surface area contributed by atoms with Gasteiger partial charge in [-0.15, -0.1) is 5.10 Å². The van der Waals surface area contributed by atoms with Gasteiger partial charge in [0.2, 0.25) is 0 Å². The third-order valence-electron chi connectivity index (χ3n) is 2.38. The van der Waals surface area contributed by atoms with Crippen LogP contribution in [-0.2, 0) is 4.74 Å². The summed E-state index contributed by atoms with van der Waals surface area (Å²) in [7, 11) is 1.28. The second-order valence-electron chi connectivity index (χ2n) is 3.42. The van der Waals surface area contributed by atoms with Crippen molar-refractivity contribution < 1.29 is 9.53 Å². The lowest BCUT2D eigenvalue weighted by Gasteiger charge is -2.00. The summed E-state index contributed by atoms with van der Waals surface area (Å²) in [6.45, 7) is 0. The molecule has 90 valence electrons. The summed E-state index contributed by atoms with van der Waals surface area (Å²) in [5.74, 6) is -0.0623. The summed E-state index contributed by atoms with van der Waals surface area (Å²) < 4.78 is 7.60. The molecule has 0 aliphatic heterocycles. The maximum atomic E-state index is 11.3. The first-order valence-electron chi connectivity index (χ1n) is 5.08. The number of hydrogen-bond acceptors (Lipinski definition) is 6. The number of aromatic nitrogens is 6. The number of ether oxygens (including phenoxy) is 1. The lowest BCUT2D eigenvalue weighted by Crippen LogP contribution is -2.06. The van der Waals surface area contributed by atoms with E-state index in [0.29, 0.717) is 5.82 Å². The fourth-order valence-electron chi connectivity index (χ4n) is 1.57. The molecule has 8 nitrogen and oxygen atoms in total. The van der Waals surface area contributed by atoms with Crippen molar-refractivity contribution in [2.24, 2.45) is 0 Å². The van der Waals surface area contributed by atoms with Gasteiger partial charge in [0.15, 0.2) is 5.82 Å². The summed E-state index contributed by atoms with van der Waals surface area (Å²) in [4.78, 5) is 19.3. The fraction of sp³-hybridized carbons (Fsp3) is 0.100. The highest BCUT2D eigenvalue weighted by Gasteiger charge is 2.14. The van der Waals surface area contributed by atoms with Crippen molar-refractivity contribution in [3.63, 3.8) is 0 Å². The van der Waals surface area contributed by atoms with E-state index in [4.69, 9.17) is 0 Å². The molecule has 0 aromatic carbocycles. The highest BCUT2D eigenvalue weighted by molar-refractivity contribution is 5.84. The van der Waals surface area contributed by atoms with Crippen LogP contribution in [0, 0.1) is 0 Å². The van der Waals surface area contributed by atoms with Crippen LogP contribution in [0.15, 0.2) is 31.0 Å². The van der Waals surface area contributed by atoms with E-state index in [1.54, 1.807) is 29.2 Å². The minimum Gasteiger partial charge on any atom is -0.463 e. The topological polar surface area (TPSA) is 87.2 Å². The number of esters is 1. The smallest absolute Gasteiger partial charge is 0.377 e. The molecule has 0 saturated heterocycles. The molecule has 18 heavy (non-hydrogen) atoms. The quantitative estimate of drug-likeness (QED) is 0.594. The van der Waals surface area contributed by atoms with E-state index in [-0.39, 0.29) is 5.82 Å². The molecule has 0 fully saturated rings. The Kier molecular flexibility index (Phi) is 2.26. The molecule has 3 heterocycles. The summed E-state index contributed by atoms with van der Waals surface area (Å²) in [6, 6.07) is 1.79. The normalized spacial score (nSPS) is 10.7. The predicted molar refractivity (Wildman–Crippen MR) is 59.2 cm³/mol. The number of nitrogens with zero attached hydrogens (tertiary/aromatic N) is 6. The lowest BCUT2D eigenvalue weighted by molar-refractivity contribution is 0.0587. The van der Waals surface area contributed by atoms with Crippen LogP contribution >= 0.6 is 0 Å². The Morgan fingerprint density at radius 3 is 3.06 bits per heavy atom. The minimum absolute atomic E-state index is 0.0131. The van der Waals surface area contributed by atoms with Gasteiger partial charge in [0.25, 0.3) is 5.82 Å². The second-order valence-corrected chi connectivity index (χ2v) is 3.42. The van der Waals surface area contributed by atoms with Gasteiger partial charge in [-0.2, -0.15) is 9.78 Å². The van der Waals surface area contributed by atoms with Gasteiger partial charge in [0, 0.05) is 12.4 Å². The average Bonchev–Trinajstić information content (AvgIpc) is 3.05. The van der Waals surface area contributed by atoms with Crippen molar-refractivity contribution in [3.8, 4) is 5.82 Å². The lowest BCUT2D eigenvalue weighted by atomic mass is 10.5. The Morgan fingerprint density at radius 2 is 2.22 bits per heavy atom. The molecule has 3 aromatic heterocycles. The molecule has 0 bridgehead atoms. The van der Waals surface area contributed by atoms with E-state index in [9.17, 15) is 4.79 Å². The van der Waals surface area contributed by atoms with Gasteiger partial charge in [-0.3, -0.25) is 0 Å². The maximum Gasteiger partial charge on any atom is 0.377 e. The van der Waals surface area contributed by atoms with Crippen LogP contribution in [0.5, 0.6) is 0 Å². The Morgan fingerprint density at radius 1 is 1.33 bits per heavy atom. The van der Waals surface area contributed by atoms with Crippen LogP contribution in [0.4, 0.5) is 0 Å². The molecule has 3 aromatic rings. The van der Waals surface area contributed by atoms with Gasteiger partial charge in [-0.05, 0) is 6.07 Å². The van der Waals surface area contributed by atoms with E-state index in [1.165, 1.54) is 18.1 Å². The largest absolute Gasteiger partial charge is 0.463 e. The Hall–Kier alpha value is -2.77. The first kappa shape index (κ1) is 10.4. The van der Waals surface area contributed by atoms with Crippen molar-refractivity contribution in [2.45, 2.75) is 0 Å². The van der Waals surface area contributed by atoms with Crippen LogP contribution in [0.1, 0.15) is 10.6 Å². The molecule has 0 radical (unpaired) electrons. The summed E-state index contributed by atoms with van der Waals surface area (Å²) >= 11 is 0. The number of carbonyl (C=O) groups is 1. The molecule has 0 atom stereocenters. The van der Waals surface area contributed by atoms with Crippen LogP contribution in [0.25, 0.3) is 11.3 Å². The van der Waals surface area contributed by atoms with E-state index < -0.39 is 5.97 Å². The van der Waals surface area contributed by atoms with Crippen molar-refractivity contribution in [2.75, 3.05) is 7.11 Å². The highest BCUT2D eigenvalue weighted by atomic mass is 16.5. The fourth-order valence-corrected chi connectivity index (χ4v) is 1.57. The van der Waals surface area contributed by atoms with E-state index >= 15 is 0 Å². The zero-order chi connectivity index (χ0) is 12.5. The molecule has 0 N–H and O–H groups in total. The van der Waals surface area contributed by atoms with Crippen molar-refractivity contribution >= 4 is 11.5 Å². The molecule has 0 aliphatic carbocycles. The zero-order valence-corrected chi connectivity index (χ0v) is 9.39. The number of fused-ring (bicyclic) bond motifs is 1. The molecular weight excluding hydrogens is 236 g/mol. The van der Waals surface area contributed by atoms with E-state index in [0.717, 1.165) is 5.52 Å². The van der Waals surface area contributed by atoms with Crippen LogP contribution in [0.3, 0.4) is 0 Å². The third-order valence-corrected chi connectivity index (χ3v) is 2.38. The maximum absolute atomic E-state index is 11.3. The van der Waals surface area contributed by atoms with Crippen LogP contribution in [0.2, 0.25) is 0 Å². The first-order valence-corrected chi connectivity index (χ1v) is 5.08. The first-order chi connectivity index (χ1) is 8.79. The molecular formula is C10H8N6O2. The van der Waals surface area contributed by atoms with E-state index in [2.05, 4.69) is 24.9 Å². The number of rotatable bonds is 2. The van der Waals surface area contributed by atoms with Gasteiger partial charge in [0.1, 0.15) is 11.8 Å². The van der Waals surface area contributed by atoms with E-state index in [1.807, 2.05) is 0 Å². The molecule has 0 saturated carbocycles. The standard InChI is InChI=1S/C10H8N6O2/c1-18-10(17)8-12-6-16(14-8)9-7-2-3-13-15(7)5-4-11-9/h2-6H,1H3. The Balaban J connectivity index is 2.12. The van der Waals surface area contributed by atoms with Crippen molar-refractivity contribution in [3.05, 3.63) is 36.8 Å². The summed E-state index contributed by atoms with van der Waals surface area (Å²) in [5, 5.41) is 8.09. The minimum atomic E-state index is -0.589. The zero-order valence-electron chi connectivity index (χ0n) is 9.39. The van der Waals surface area contributed by atoms with Crippen LogP contribution < -0.4 is 0 Å². The summed E-state index contributed by atoms with van der Waals surface area (Å²) in [5.41, 5.74) is 0.763. The molecule has 3 rings (SSSR count).